The molecule has 17 aromatic carbocycles. The maximum absolute atomic E-state index is 7.89. The van der Waals surface area contributed by atoms with E-state index >= 15 is 0 Å². The van der Waals surface area contributed by atoms with Crippen LogP contribution >= 0.6 is 0 Å². The second-order valence-corrected chi connectivity index (χ2v) is 31.3. The Morgan fingerprint density at radius 2 is 0.548 bits per heavy atom. The van der Waals surface area contributed by atoms with E-state index in [1.807, 2.05) is 0 Å². The largest absolute Gasteiger partial charge is 0.458 e. The molecule has 0 amide bonds. The zero-order valence-corrected chi connectivity index (χ0v) is 62.4. The Balaban J connectivity index is 0.738. The molecule has 1 atom stereocenters. The highest BCUT2D eigenvalue weighted by Crippen LogP contribution is 2.54. The molecule has 115 heavy (non-hydrogen) atoms. The first-order valence-corrected chi connectivity index (χ1v) is 40.0. The van der Waals surface area contributed by atoms with Crippen LogP contribution in [0.5, 0.6) is 23.0 Å². The molecule has 8 nitrogen and oxygen atoms in total. The summed E-state index contributed by atoms with van der Waals surface area (Å²) < 4.78 is 15.8. The minimum atomic E-state index is -0.221. The molecule has 0 spiro atoms. The fourth-order valence-electron chi connectivity index (χ4n) is 20.9. The molecule has 8 aliphatic rings. The molecule has 1 unspecified atom stereocenters. The first-order chi connectivity index (χ1) is 57.1. The highest BCUT2D eigenvalue weighted by molar-refractivity contribution is 7.06. The summed E-state index contributed by atoms with van der Waals surface area (Å²) >= 11 is 0. The Morgan fingerprint density at radius 1 is 0.209 bits per heavy atom. The lowest BCUT2D eigenvalue weighted by Crippen LogP contribution is -2.69. The Hall–Kier alpha value is -14.6. The SMILES string of the molecule is c1ccc(C2c3ccccc3B3c4cc5c(cc4Oc4cc(N(c6ccccc6)c6ccccc6)cc2c43)N(c2ccccc2)c2cc3c4c6c2B5c2ccccc2N6c2ccccc2B4c2cc4c(cc2N3c2ccccc2)Oc2cc(N(c3ccccc3)c3ccccc3)cc3c2B4c2ccccc2N3c2ccccc2)cc1. The number of benzene rings is 17. The van der Waals surface area contributed by atoms with E-state index in [-0.39, 0.29) is 32.8 Å². The van der Waals surface area contributed by atoms with Gasteiger partial charge in [-0.05, 0) is 198 Å². The van der Waals surface area contributed by atoms with Gasteiger partial charge in [0.05, 0.1) is 11.4 Å². The minimum absolute atomic E-state index is 0.0781. The highest BCUT2D eigenvalue weighted by Gasteiger charge is 2.55. The standard InChI is InChI=1S/C103H66B4N6O2/c1-9-33-66(34-10-1)98-76-49-25-26-50-78(76)104-84-61-82-89(64-94(84)114-96-59-74(57-77(98)99(96)104)108(67-35-11-2-12-36-67)68-37-13-3-14-38-68)111(72-45-21-7-22-46-72)92-63-93-102-103-101(92)105(82)80-52-28-31-55-87(80)113(103)88-56-32-29-53-81(88)106(102)83-62-85-95(65-90(83)112(93)73-47-23-8-24-48-73)115-97-60-75(109(69-39-15-4-16-40-69)70-41-17-5-18-42-70)58-91-100(97)107(85)79-51-27-30-54-86(79)110(91)71-43-19-6-20-44-71/h1-65,98H. The van der Waals surface area contributed by atoms with Crippen LogP contribution < -0.4 is 104 Å². The molecule has 532 valence electrons. The zero-order valence-electron chi connectivity index (χ0n) is 62.4. The van der Waals surface area contributed by atoms with Gasteiger partial charge in [-0.25, -0.2) is 0 Å². The smallest absolute Gasteiger partial charge is 0.256 e. The predicted octanol–water partition coefficient (Wildman–Crippen LogP) is 17.8. The highest BCUT2D eigenvalue weighted by atomic mass is 16.5. The number of ether oxygens (including phenoxy) is 2. The van der Waals surface area contributed by atoms with Crippen molar-refractivity contribution < 1.29 is 9.47 Å². The third kappa shape index (κ3) is 9.36. The molecule has 0 bridgehead atoms. The average molecular weight is 1460 g/mol. The third-order valence-electron chi connectivity index (χ3n) is 25.3. The molecule has 8 aliphatic heterocycles. The van der Waals surface area contributed by atoms with Crippen molar-refractivity contribution in [2.45, 2.75) is 5.92 Å². The van der Waals surface area contributed by atoms with Gasteiger partial charge in [-0.15, -0.1) is 0 Å². The molecule has 0 aliphatic carbocycles. The average Bonchev–Trinajstić information content (AvgIpc) is 0.665. The van der Waals surface area contributed by atoms with Crippen molar-refractivity contribution in [1.82, 2.24) is 0 Å². The topological polar surface area (TPSA) is 37.9 Å². The quantitative estimate of drug-likeness (QED) is 0.125. The summed E-state index contributed by atoms with van der Waals surface area (Å²) in [5.74, 6) is 3.27. The summed E-state index contributed by atoms with van der Waals surface area (Å²) in [6.45, 7) is -0.812. The summed E-state index contributed by atoms with van der Waals surface area (Å²) in [6.07, 6.45) is 0. The van der Waals surface area contributed by atoms with Crippen LogP contribution in [0.3, 0.4) is 0 Å². The molecule has 0 fully saturated rings. The maximum atomic E-state index is 7.89. The normalized spacial score (nSPS) is 14.3. The van der Waals surface area contributed by atoms with Gasteiger partial charge in [0.25, 0.3) is 26.9 Å². The molecule has 12 heteroatoms. The Kier molecular flexibility index (Phi) is 13.9. The van der Waals surface area contributed by atoms with Gasteiger partial charge in [0.1, 0.15) is 23.0 Å². The molecule has 0 radical (unpaired) electrons. The fourth-order valence-corrected chi connectivity index (χ4v) is 20.9. The molecular formula is C103H66B4N6O2. The lowest BCUT2D eigenvalue weighted by Gasteiger charge is -2.51. The van der Waals surface area contributed by atoms with Crippen molar-refractivity contribution in [2.75, 3.05) is 29.4 Å². The number of anilines is 18. The van der Waals surface area contributed by atoms with E-state index in [0.717, 1.165) is 125 Å². The van der Waals surface area contributed by atoms with Gasteiger partial charge in [-0.2, -0.15) is 0 Å². The fraction of sp³-hybridized carbons (Fsp3) is 0.00971. The maximum Gasteiger partial charge on any atom is 0.256 e. The minimum Gasteiger partial charge on any atom is -0.458 e. The van der Waals surface area contributed by atoms with Crippen molar-refractivity contribution in [3.63, 3.8) is 0 Å². The number of nitrogens with zero attached hydrogens (tertiary/aromatic N) is 6. The number of hydrogen-bond donors (Lipinski definition) is 0. The summed E-state index contributed by atoms with van der Waals surface area (Å²) in [5, 5.41) is 0. The van der Waals surface area contributed by atoms with E-state index < -0.39 is 0 Å². The first-order valence-electron chi connectivity index (χ1n) is 40.0. The van der Waals surface area contributed by atoms with Gasteiger partial charge in [0.2, 0.25) is 0 Å². The Labute approximate surface area is 669 Å². The molecule has 25 rings (SSSR count). The lowest BCUT2D eigenvalue weighted by molar-refractivity contribution is 0.487. The molecule has 17 aromatic rings. The van der Waals surface area contributed by atoms with E-state index in [4.69, 9.17) is 9.47 Å². The molecular weight excluding hydrogens is 1400 g/mol. The van der Waals surface area contributed by atoms with Crippen LogP contribution in [0.15, 0.2) is 394 Å². The number of rotatable bonds is 10. The van der Waals surface area contributed by atoms with Crippen molar-refractivity contribution in [2.24, 2.45) is 0 Å². The molecule has 0 saturated heterocycles. The van der Waals surface area contributed by atoms with Crippen molar-refractivity contribution in [1.29, 1.82) is 0 Å². The monoisotopic (exact) mass is 1460 g/mol. The van der Waals surface area contributed by atoms with E-state index in [9.17, 15) is 0 Å². The van der Waals surface area contributed by atoms with Gasteiger partial charge in [0.15, 0.2) is 0 Å². The van der Waals surface area contributed by atoms with Crippen LogP contribution in [0, 0.1) is 0 Å². The van der Waals surface area contributed by atoms with E-state index in [1.165, 1.54) is 82.9 Å². The predicted molar refractivity (Wildman–Crippen MR) is 480 cm³/mol. The van der Waals surface area contributed by atoms with E-state index in [2.05, 4.69) is 424 Å². The number of hydrogen-bond acceptors (Lipinski definition) is 8. The van der Waals surface area contributed by atoms with Crippen LogP contribution in [-0.2, 0) is 0 Å². The van der Waals surface area contributed by atoms with Crippen molar-refractivity contribution >= 4 is 195 Å². The molecule has 0 aromatic heterocycles. The number of fused-ring (bicyclic) bond motifs is 18. The van der Waals surface area contributed by atoms with Crippen LogP contribution in [0.1, 0.15) is 22.6 Å². The first kappa shape index (κ1) is 64.1. The third-order valence-corrected chi connectivity index (χ3v) is 25.3. The van der Waals surface area contributed by atoms with Gasteiger partial charge in [-0.1, -0.05) is 254 Å². The van der Waals surface area contributed by atoms with Gasteiger partial charge in [0, 0.05) is 121 Å². The van der Waals surface area contributed by atoms with E-state index in [1.54, 1.807) is 0 Å². The second kappa shape index (κ2) is 25.0. The van der Waals surface area contributed by atoms with Crippen LogP contribution in [0.2, 0.25) is 0 Å². The second-order valence-electron chi connectivity index (χ2n) is 31.3. The van der Waals surface area contributed by atoms with Crippen LogP contribution in [-0.4, -0.2) is 26.9 Å². The van der Waals surface area contributed by atoms with Crippen LogP contribution in [0.4, 0.5) is 102 Å². The Bertz CT molecular complexity index is 6390. The van der Waals surface area contributed by atoms with Gasteiger partial charge in [-0.3, -0.25) is 0 Å². The van der Waals surface area contributed by atoms with E-state index in [0.29, 0.717) is 0 Å². The van der Waals surface area contributed by atoms with Gasteiger partial charge < -0.3 is 38.9 Å². The lowest BCUT2D eigenvalue weighted by atomic mass is 9.27. The summed E-state index contributed by atoms with van der Waals surface area (Å²) in [7, 11) is 0. The van der Waals surface area contributed by atoms with Crippen molar-refractivity contribution in [3.05, 3.63) is 411 Å². The summed E-state index contributed by atoms with van der Waals surface area (Å²) in [4.78, 5) is 15.0. The summed E-state index contributed by atoms with van der Waals surface area (Å²) in [5.41, 5.74) is 38.0. The van der Waals surface area contributed by atoms with Crippen LogP contribution in [0.25, 0.3) is 0 Å². The molecule has 0 N–H and O–H groups in total. The zero-order chi connectivity index (χ0) is 75.1. The molecule has 0 saturated carbocycles. The molecule has 8 heterocycles. The number of para-hydroxylation sites is 10. The Morgan fingerprint density at radius 3 is 1.00 bits per heavy atom. The van der Waals surface area contributed by atoms with Crippen molar-refractivity contribution in [3.8, 4) is 23.0 Å². The van der Waals surface area contributed by atoms with Gasteiger partial charge >= 0.3 is 0 Å². The summed E-state index contributed by atoms with van der Waals surface area (Å²) in [6, 6.07) is 146.